The van der Waals surface area contributed by atoms with Gasteiger partial charge in [-0.25, -0.2) is 4.79 Å². The van der Waals surface area contributed by atoms with Crippen molar-refractivity contribution in [3.63, 3.8) is 0 Å². The molecule has 1 aliphatic rings. The third-order valence-electron chi connectivity index (χ3n) is 5.60. The summed E-state index contributed by atoms with van der Waals surface area (Å²) in [5, 5.41) is 3.47. The molecule has 0 bridgehead atoms. The number of carbonyl (C=O) groups is 3. The van der Waals surface area contributed by atoms with E-state index in [4.69, 9.17) is 4.74 Å². The lowest BCUT2D eigenvalue weighted by molar-refractivity contribution is -0.132. The summed E-state index contributed by atoms with van der Waals surface area (Å²) >= 11 is 0. The fourth-order valence-electron chi connectivity index (χ4n) is 3.60. The first-order chi connectivity index (χ1) is 15.9. The van der Waals surface area contributed by atoms with E-state index in [0.717, 1.165) is 21.9 Å². The zero-order valence-electron chi connectivity index (χ0n) is 18.3. The molecule has 4 amide bonds. The molecule has 0 spiro atoms. The van der Waals surface area contributed by atoms with Crippen molar-refractivity contribution in [3.05, 3.63) is 102 Å². The average molecular weight is 444 g/mol. The summed E-state index contributed by atoms with van der Waals surface area (Å²) in [5.74, 6) is -0.265. The van der Waals surface area contributed by atoms with Gasteiger partial charge in [0.2, 0.25) is 0 Å². The second-order valence-corrected chi connectivity index (χ2v) is 8.13. The van der Waals surface area contributed by atoms with Gasteiger partial charge in [-0.2, -0.15) is 5.01 Å². The molecule has 0 saturated carbocycles. The van der Waals surface area contributed by atoms with Gasteiger partial charge >= 0.3 is 6.03 Å². The van der Waals surface area contributed by atoms with E-state index in [9.17, 15) is 14.4 Å². The second-order valence-electron chi connectivity index (χ2n) is 8.13. The predicted molar refractivity (Wildman–Crippen MR) is 123 cm³/mol. The Bertz CT molecular complexity index is 1130. The predicted octanol–water partition coefficient (Wildman–Crippen LogP) is 3.85. The molecule has 168 valence electrons. The Hall–Kier alpha value is -4.13. The minimum Gasteiger partial charge on any atom is -0.489 e. The topological polar surface area (TPSA) is 87.7 Å². The van der Waals surface area contributed by atoms with Crippen LogP contribution in [0.2, 0.25) is 0 Å². The van der Waals surface area contributed by atoms with Crippen LogP contribution < -0.4 is 15.5 Å². The third-order valence-corrected chi connectivity index (χ3v) is 5.60. The van der Waals surface area contributed by atoms with Crippen LogP contribution in [0.1, 0.15) is 34.8 Å². The molecule has 7 heteroatoms. The van der Waals surface area contributed by atoms with Crippen LogP contribution in [0.3, 0.4) is 0 Å². The second kappa shape index (κ2) is 9.56. The molecule has 4 rings (SSSR count). The molecule has 1 saturated heterocycles. The summed E-state index contributed by atoms with van der Waals surface area (Å²) in [6.45, 7) is 2.03. The van der Waals surface area contributed by atoms with E-state index in [1.165, 1.54) is 0 Å². The van der Waals surface area contributed by atoms with Gasteiger partial charge in [0.1, 0.15) is 17.9 Å². The lowest BCUT2D eigenvalue weighted by Crippen LogP contribution is -2.48. The first-order valence-corrected chi connectivity index (χ1v) is 10.7. The fraction of sp³-hybridized carbons (Fsp3) is 0.192. The Labute approximate surface area is 192 Å². The molecule has 0 radical (unpaired) electrons. The zero-order chi connectivity index (χ0) is 23.3. The van der Waals surface area contributed by atoms with E-state index >= 15 is 0 Å². The number of aryl methyl sites for hydroxylation is 1. The molecule has 3 aromatic carbocycles. The number of carbonyl (C=O) groups excluding carboxylic acids is 3. The van der Waals surface area contributed by atoms with Crippen LogP contribution in [0.4, 0.5) is 4.79 Å². The maximum atomic E-state index is 12.9. The number of urea groups is 1. The highest BCUT2D eigenvalue weighted by Crippen LogP contribution is 2.22. The van der Waals surface area contributed by atoms with Crippen LogP contribution >= 0.6 is 0 Å². The van der Waals surface area contributed by atoms with Crippen molar-refractivity contribution in [2.24, 2.45) is 0 Å². The highest BCUT2D eigenvalue weighted by molar-refractivity contribution is 6.09. The Morgan fingerprint density at radius 1 is 0.909 bits per heavy atom. The number of benzene rings is 3. The maximum Gasteiger partial charge on any atom is 0.344 e. The quantitative estimate of drug-likeness (QED) is 0.518. The van der Waals surface area contributed by atoms with E-state index < -0.39 is 23.4 Å². The van der Waals surface area contributed by atoms with Gasteiger partial charge in [0.15, 0.2) is 0 Å². The van der Waals surface area contributed by atoms with E-state index in [1.807, 2.05) is 60.7 Å². The number of hydrazine groups is 1. The van der Waals surface area contributed by atoms with Gasteiger partial charge in [0.05, 0.1) is 0 Å². The van der Waals surface area contributed by atoms with Crippen LogP contribution in [-0.2, 0) is 17.8 Å². The van der Waals surface area contributed by atoms with Crippen LogP contribution in [0.5, 0.6) is 5.75 Å². The van der Waals surface area contributed by atoms with E-state index in [1.54, 1.807) is 31.2 Å². The molecule has 1 atom stereocenters. The Kier molecular flexibility index (Phi) is 6.40. The SMILES string of the molecule is C[C@@]1(CCc2ccccc2)NC(=O)N(NC(=O)c2ccc(COc3ccccc3)cc2)C1=O. The van der Waals surface area contributed by atoms with Gasteiger partial charge in [0, 0.05) is 5.56 Å². The van der Waals surface area contributed by atoms with Gasteiger partial charge in [-0.05, 0) is 55.2 Å². The van der Waals surface area contributed by atoms with E-state index in [-0.39, 0.29) is 0 Å². The smallest absolute Gasteiger partial charge is 0.344 e. The number of hydrogen-bond acceptors (Lipinski definition) is 4. The van der Waals surface area contributed by atoms with Crippen molar-refractivity contribution in [2.45, 2.75) is 31.9 Å². The van der Waals surface area contributed by atoms with Gasteiger partial charge < -0.3 is 10.1 Å². The highest BCUT2D eigenvalue weighted by Gasteiger charge is 2.48. The molecule has 1 heterocycles. The number of hydrogen-bond donors (Lipinski definition) is 2. The summed E-state index contributed by atoms with van der Waals surface area (Å²) in [5.41, 5.74) is 3.63. The monoisotopic (exact) mass is 443 g/mol. The molecule has 2 N–H and O–H groups in total. The highest BCUT2D eigenvalue weighted by atomic mass is 16.5. The van der Waals surface area contributed by atoms with Gasteiger partial charge in [-0.3, -0.25) is 15.0 Å². The minimum atomic E-state index is -1.08. The number of amides is 4. The third kappa shape index (κ3) is 5.20. The van der Waals surface area contributed by atoms with Crippen molar-refractivity contribution < 1.29 is 19.1 Å². The number of ether oxygens (including phenoxy) is 1. The zero-order valence-corrected chi connectivity index (χ0v) is 18.3. The van der Waals surface area contributed by atoms with Crippen molar-refractivity contribution in [1.82, 2.24) is 15.8 Å². The molecule has 0 unspecified atom stereocenters. The van der Waals surface area contributed by atoms with Crippen molar-refractivity contribution in [1.29, 1.82) is 0 Å². The molecular formula is C26H25N3O4. The standard InChI is InChI=1S/C26H25N3O4/c1-26(17-16-19-8-4-2-5-9-19)24(31)29(25(32)27-26)28-23(30)21-14-12-20(13-15-21)18-33-22-10-6-3-7-11-22/h2-15H,16-18H2,1H3,(H,27,32)(H,28,30)/t26-/m0/s1. The molecule has 1 aliphatic heterocycles. The summed E-state index contributed by atoms with van der Waals surface area (Å²) in [7, 11) is 0. The average Bonchev–Trinajstić information content (AvgIpc) is 3.06. The van der Waals surface area contributed by atoms with Crippen LogP contribution in [0, 0.1) is 0 Å². The number of nitrogens with one attached hydrogen (secondary N) is 2. The summed E-state index contributed by atoms with van der Waals surface area (Å²) < 4.78 is 5.70. The molecular weight excluding hydrogens is 418 g/mol. The number of para-hydroxylation sites is 1. The van der Waals surface area contributed by atoms with Crippen LogP contribution in [0.15, 0.2) is 84.9 Å². The maximum absolute atomic E-state index is 12.9. The molecule has 7 nitrogen and oxygen atoms in total. The summed E-state index contributed by atoms with van der Waals surface area (Å²) in [4.78, 5) is 38.0. The van der Waals surface area contributed by atoms with E-state index in [0.29, 0.717) is 25.0 Å². The van der Waals surface area contributed by atoms with Gasteiger partial charge in [0.25, 0.3) is 11.8 Å². The van der Waals surface area contributed by atoms with Gasteiger partial charge in [-0.15, -0.1) is 0 Å². The lowest BCUT2D eigenvalue weighted by Gasteiger charge is -2.21. The first-order valence-electron chi connectivity index (χ1n) is 10.7. The number of imide groups is 1. The molecule has 1 fully saturated rings. The summed E-state index contributed by atoms with van der Waals surface area (Å²) in [6, 6.07) is 25.3. The largest absolute Gasteiger partial charge is 0.489 e. The Morgan fingerprint density at radius 2 is 1.55 bits per heavy atom. The molecule has 0 aromatic heterocycles. The number of rotatable bonds is 8. The molecule has 3 aromatic rings. The van der Waals surface area contributed by atoms with Crippen molar-refractivity contribution in [2.75, 3.05) is 0 Å². The van der Waals surface area contributed by atoms with E-state index in [2.05, 4.69) is 10.7 Å². The molecule has 0 aliphatic carbocycles. The Balaban J connectivity index is 1.34. The van der Waals surface area contributed by atoms with Crippen molar-refractivity contribution in [3.8, 4) is 5.75 Å². The fourth-order valence-corrected chi connectivity index (χ4v) is 3.60. The van der Waals surface area contributed by atoms with Crippen molar-refractivity contribution >= 4 is 17.8 Å². The Morgan fingerprint density at radius 3 is 2.21 bits per heavy atom. The lowest BCUT2D eigenvalue weighted by atomic mass is 9.93. The minimum absolute atomic E-state index is 0.331. The first kappa shape index (κ1) is 22.1. The normalized spacial score (nSPS) is 17.5. The molecule has 33 heavy (non-hydrogen) atoms. The number of nitrogens with zero attached hydrogens (tertiary/aromatic N) is 1. The summed E-state index contributed by atoms with van der Waals surface area (Å²) in [6.07, 6.45) is 1.04. The van der Waals surface area contributed by atoms with Crippen LogP contribution in [0.25, 0.3) is 0 Å². The van der Waals surface area contributed by atoms with Crippen LogP contribution in [-0.4, -0.2) is 28.4 Å². The van der Waals surface area contributed by atoms with Gasteiger partial charge in [-0.1, -0.05) is 60.7 Å².